The molecule has 7 nitrogen and oxygen atoms in total. The summed E-state index contributed by atoms with van der Waals surface area (Å²) in [6, 6.07) is 5.50. The molecule has 0 aliphatic rings. The molecule has 0 spiro atoms. The molecule has 1 aromatic carbocycles. The molecule has 2 aromatic rings. The van der Waals surface area contributed by atoms with Gasteiger partial charge in [-0.15, -0.1) is 5.10 Å². The van der Waals surface area contributed by atoms with E-state index in [1.807, 2.05) is 25.1 Å². The molecule has 8 heteroatoms. The van der Waals surface area contributed by atoms with E-state index in [4.69, 9.17) is 9.84 Å². The second-order valence-corrected chi connectivity index (χ2v) is 4.65. The number of tetrazole rings is 1. The molecule has 0 aliphatic carbocycles. The van der Waals surface area contributed by atoms with Gasteiger partial charge in [0, 0.05) is 0 Å². The minimum absolute atomic E-state index is 0.0878. The second kappa shape index (κ2) is 5.70. The van der Waals surface area contributed by atoms with Crippen molar-refractivity contribution in [2.24, 2.45) is 0 Å². The van der Waals surface area contributed by atoms with Crippen LogP contribution in [0.2, 0.25) is 0 Å². The largest absolute Gasteiger partial charge is 0.496 e. The number of carbonyl (C=O) groups is 1. The lowest BCUT2D eigenvalue weighted by molar-refractivity contribution is -0.133. The number of nitrogens with zero attached hydrogens (tertiary/aromatic N) is 4. The predicted octanol–water partition coefficient (Wildman–Crippen LogP) is 1.16. The number of aryl methyl sites for hydroxylation is 1. The zero-order valence-electron chi connectivity index (χ0n) is 10.4. The van der Waals surface area contributed by atoms with Crippen LogP contribution in [0.4, 0.5) is 0 Å². The molecule has 0 fully saturated rings. The van der Waals surface area contributed by atoms with Crippen LogP contribution in [-0.2, 0) is 4.79 Å². The highest BCUT2D eigenvalue weighted by Gasteiger charge is 2.11. The van der Waals surface area contributed by atoms with Gasteiger partial charge in [-0.1, -0.05) is 11.8 Å². The first-order valence-electron chi connectivity index (χ1n) is 5.40. The number of thioether (sulfide) groups is 1. The number of benzene rings is 1. The molecule has 1 aromatic heterocycles. The minimum Gasteiger partial charge on any atom is -0.496 e. The number of hydrogen-bond acceptors (Lipinski definition) is 6. The standard InChI is InChI=1S/C11H12N4O3S/c1-7-5-8(3-4-9(7)18-2)15-11(12-13-14-15)19-6-10(16)17/h3-5H,6H2,1-2H3,(H,16,17). The summed E-state index contributed by atoms with van der Waals surface area (Å²) in [6.45, 7) is 1.91. The Kier molecular flexibility index (Phi) is 4.00. The van der Waals surface area contributed by atoms with Crippen molar-refractivity contribution < 1.29 is 14.6 Å². The summed E-state index contributed by atoms with van der Waals surface area (Å²) in [7, 11) is 1.60. The van der Waals surface area contributed by atoms with Gasteiger partial charge in [0.05, 0.1) is 18.6 Å². The number of aliphatic carboxylic acids is 1. The minimum atomic E-state index is -0.912. The van der Waals surface area contributed by atoms with Crippen molar-refractivity contribution in [3.8, 4) is 11.4 Å². The number of hydrogen-bond donors (Lipinski definition) is 1. The zero-order chi connectivity index (χ0) is 13.8. The molecule has 0 aliphatic heterocycles. The van der Waals surface area contributed by atoms with Gasteiger partial charge >= 0.3 is 5.97 Å². The van der Waals surface area contributed by atoms with Crippen LogP contribution in [-0.4, -0.2) is 44.1 Å². The predicted molar refractivity (Wildman–Crippen MR) is 68.8 cm³/mol. The molecule has 0 amide bonds. The molecule has 100 valence electrons. The van der Waals surface area contributed by atoms with Crippen LogP contribution in [0.3, 0.4) is 0 Å². The quantitative estimate of drug-likeness (QED) is 0.822. The lowest BCUT2D eigenvalue weighted by Crippen LogP contribution is -2.03. The Labute approximate surface area is 113 Å². The number of methoxy groups -OCH3 is 1. The normalized spacial score (nSPS) is 10.4. The molecule has 19 heavy (non-hydrogen) atoms. The summed E-state index contributed by atoms with van der Waals surface area (Å²) in [6.07, 6.45) is 0. The maximum Gasteiger partial charge on any atom is 0.313 e. The molecule has 0 unspecified atom stereocenters. The maximum absolute atomic E-state index is 10.6. The average Bonchev–Trinajstić information content (AvgIpc) is 2.84. The third kappa shape index (κ3) is 3.02. The lowest BCUT2D eigenvalue weighted by Gasteiger charge is -2.07. The number of carboxylic acid groups (broad SMARTS) is 1. The fourth-order valence-corrected chi connectivity index (χ4v) is 2.16. The summed E-state index contributed by atoms with van der Waals surface area (Å²) in [5.74, 6) is -0.225. The molecule has 0 saturated carbocycles. The monoisotopic (exact) mass is 280 g/mol. The van der Waals surface area contributed by atoms with Crippen molar-refractivity contribution in [2.75, 3.05) is 12.9 Å². The topological polar surface area (TPSA) is 90.1 Å². The SMILES string of the molecule is COc1ccc(-n2nnnc2SCC(=O)O)cc1C. The molecule has 0 radical (unpaired) electrons. The Morgan fingerprint density at radius 3 is 2.95 bits per heavy atom. The van der Waals surface area contributed by atoms with Gasteiger partial charge in [-0.2, -0.15) is 4.68 Å². The van der Waals surface area contributed by atoms with Gasteiger partial charge in [-0.05, 0) is 41.1 Å². The summed E-state index contributed by atoms with van der Waals surface area (Å²) >= 11 is 1.07. The van der Waals surface area contributed by atoms with Gasteiger partial charge in [0.1, 0.15) is 5.75 Å². The van der Waals surface area contributed by atoms with E-state index in [0.29, 0.717) is 5.16 Å². The number of aromatic nitrogens is 4. The molecule has 0 saturated heterocycles. The van der Waals surface area contributed by atoms with Gasteiger partial charge in [-0.3, -0.25) is 4.79 Å². The first-order chi connectivity index (χ1) is 9.11. The summed E-state index contributed by atoms with van der Waals surface area (Å²) in [4.78, 5) is 10.6. The van der Waals surface area contributed by atoms with Crippen LogP contribution in [0.1, 0.15) is 5.56 Å². The highest BCUT2D eigenvalue weighted by molar-refractivity contribution is 7.99. The Morgan fingerprint density at radius 1 is 1.53 bits per heavy atom. The molecule has 0 atom stereocenters. The molecule has 1 heterocycles. The van der Waals surface area contributed by atoms with E-state index in [9.17, 15) is 4.79 Å². The van der Waals surface area contributed by atoms with E-state index >= 15 is 0 Å². The first kappa shape index (κ1) is 13.3. The molecule has 1 N–H and O–H groups in total. The van der Waals surface area contributed by atoms with Gasteiger partial charge < -0.3 is 9.84 Å². The van der Waals surface area contributed by atoms with Crippen LogP contribution >= 0.6 is 11.8 Å². The molecule has 2 rings (SSSR count). The van der Waals surface area contributed by atoms with Crippen LogP contribution < -0.4 is 4.74 Å². The molecular weight excluding hydrogens is 268 g/mol. The Balaban J connectivity index is 2.29. The van der Waals surface area contributed by atoms with Crippen LogP contribution in [0.25, 0.3) is 5.69 Å². The second-order valence-electron chi connectivity index (χ2n) is 3.71. The van der Waals surface area contributed by atoms with Crippen molar-refractivity contribution in [3.63, 3.8) is 0 Å². The van der Waals surface area contributed by atoms with E-state index in [-0.39, 0.29) is 5.75 Å². The maximum atomic E-state index is 10.6. The molecule has 0 bridgehead atoms. The van der Waals surface area contributed by atoms with Crippen molar-refractivity contribution in [3.05, 3.63) is 23.8 Å². The smallest absolute Gasteiger partial charge is 0.313 e. The van der Waals surface area contributed by atoms with Crippen molar-refractivity contribution in [2.45, 2.75) is 12.1 Å². The average molecular weight is 280 g/mol. The number of ether oxygens (including phenoxy) is 1. The van der Waals surface area contributed by atoms with Gasteiger partial charge in [-0.25, -0.2) is 0 Å². The summed E-state index contributed by atoms with van der Waals surface area (Å²) in [5.41, 5.74) is 1.71. The summed E-state index contributed by atoms with van der Waals surface area (Å²) in [5, 5.41) is 20.3. The van der Waals surface area contributed by atoms with Gasteiger partial charge in [0.2, 0.25) is 5.16 Å². The highest BCUT2D eigenvalue weighted by Crippen LogP contribution is 2.23. The fraction of sp³-hybridized carbons (Fsp3) is 0.273. The van der Waals surface area contributed by atoms with Crippen molar-refractivity contribution >= 4 is 17.7 Å². The van der Waals surface area contributed by atoms with E-state index in [0.717, 1.165) is 28.8 Å². The van der Waals surface area contributed by atoms with Crippen molar-refractivity contribution in [1.29, 1.82) is 0 Å². The van der Waals surface area contributed by atoms with Crippen LogP contribution in [0.15, 0.2) is 23.4 Å². The van der Waals surface area contributed by atoms with Gasteiger partial charge in [0.15, 0.2) is 0 Å². The van der Waals surface area contributed by atoms with Crippen LogP contribution in [0.5, 0.6) is 5.75 Å². The van der Waals surface area contributed by atoms with E-state index < -0.39 is 5.97 Å². The summed E-state index contributed by atoms with van der Waals surface area (Å²) < 4.78 is 6.68. The van der Waals surface area contributed by atoms with Crippen molar-refractivity contribution in [1.82, 2.24) is 20.2 Å². The van der Waals surface area contributed by atoms with E-state index in [1.165, 1.54) is 4.68 Å². The van der Waals surface area contributed by atoms with Crippen LogP contribution in [0, 0.1) is 6.92 Å². The Hall–Kier alpha value is -2.09. The third-order valence-corrected chi connectivity index (χ3v) is 3.29. The number of carboxylic acids is 1. The Morgan fingerprint density at radius 2 is 2.32 bits per heavy atom. The number of rotatable bonds is 5. The Bertz CT molecular complexity index is 599. The third-order valence-electron chi connectivity index (χ3n) is 2.39. The fourth-order valence-electron chi connectivity index (χ4n) is 1.55. The zero-order valence-corrected chi connectivity index (χ0v) is 11.2. The van der Waals surface area contributed by atoms with E-state index in [2.05, 4.69) is 15.5 Å². The lowest BCUT2D eigenvalue weighted by atomic mass is 10.2. The molecular formula is C11H12N4O3S. The van der Waals surface area contributed by atoms with Gasteiger partial charge in [0.25, 0.3) is 0 Å². The first-order valence-corrected chi connectivity index (χ1v) is 6.38. The van der Waals surface area contributed by atoms with E-state index in [1.54, 1.807) is 7.11 Å². The highest BCUT2D eigenvalue weighted by atomic mass is 32.2.